The molecule has 92 valence electrons. The fourth-order valence-corrected chi connectivity index (χ4v) is 1.63. The molecule has 1 aromatic carbocycles. The summed E-state index contributed by atoms with van der Waals surface area (Å²) in [5.74, 6) is 0. The van der Waals surface area contributed by atoms with Crippen molar-refractivity contribution in [2.75, 3.05) is 5.32 Å². The Bertz CT molecular complexity index is 681. The average Bonchev–Trinajstić information content (AvgIpc) is 2.87. The van der Waals surface area contributed by atoms with Gasteiger partial charge in [0.2, 0.25) is 0 Å². The van der Waals surface area contributed by atoms with Crippen molar-refractivity contribution in [3.05, 3.63) is 47.8 Å². The number of allylic oxidation sites excluding steroid dienone is 1. The van der Waals surface area contributed by atoms with E-state index >= 15 is 0 Å². The smallest absolute Gasteiger partial charge is 0.145 e. The van der Waals surface area contributed by atoms with Crippen molar-refractivity contribution in [1.29, 1.82) is 10.5 Å². The van der Waals surface area contributed by atoms with Crippen LogP contribution < -0.4 is 5.32 Å². The predicted octanol–water partition coefficient (Wildman–Crippen LogP) is 2.73. The third-order valence-electron chi connectivity index (χ3n) is 2.52. The van der Waals surface area contributed by atoms with E-state index in [0.29, 0.717) is 0 Å². The molecule has 0 saturated heterocycles. The summed E-state index contributed by atoms with van der Waals surface area (Å²) in [5.41, 5.74) is 3.49. The first-order chi connectivity index (χ1) is 9.24. The Morgan fingerprint density at radius 2 is 2.05 bits per heavy atom. The fourth-order valence-electron chi connectivity index (χ4n) is 1.63. The number of nitrogens with zero attached hydrogens (tertiary/aromatic N) is 3. The van der Waals surface area contributed by atoms with Crippen LogP contribution in [0.3, 0.4) is 0 Å². The lowest BCUT2D eigenvalue weighted by Gasteiger charge is -2.06. The molecule has 1 aromatic heterocycles. The van der Waals surface area contributed by atoms with Gasteiger partial charge in [0.15, 0.2) is 0 Å². The molecule has 0 spiro atoms. The summed E-state index contributed by atoms with van der Waals surface area (Å²) < 4.78 is 0. The van der Waals surface area contributed by atoms with E-state index in [2.05, 4.69) is 15.5 Å². The lowest BCUT2D eigenvalue weighted by Crippen LogP contribution is -1.93. The number of nitrogens with one attached hydrogen (secondary N) is 2. The number of aromatic nitrogens is 2. The van der Waals surface area contributed by atoms with E-state index < -0.39 is 0 Å². The zero-order valence-electron chi connectivity index (χ0n) is 10.3. The first-order valence-corrected chi connectivity index (χ1v) is 5.63. The number of rotatable bonds is 3. The van der Waals surface area contributed by atoms with Crippen LogP contribution in [-0.2, 0) is 0 Å². The highest BCUT2D eigenvalue weighted by Gasteiger charge is 2.06. The maximum absolute atomic E-state index is 8.70. The minimum atomic E-state index is 0.0213. The SMILES string of the molecule is Cc1cc(-c2ccccc2NC=C(C#N)C#N)n[nH]1. The zero-order chi connectivity index (χ0) is 13.7. The molecule has 0 radical (unpaired) electrons. The van der Waals surface area contributed by atoms with Crippen LogP contribution in [0.4, 0.5) is 5.69 Å². The molecule has 2 aromatic rings. The number of H-pyrrole nitrogens is 1. The first kappa shape index (κ1) is 12.4. The van der Waals surface area contributed by atoms with Gasteiger partial charge in [-0.15, -0.1) is 0 Å². The molecule has 0 fully saturated rings. The van der Waals surface area contributed by atoms with E-state index in [4.69, 9.17) is 10.5 Å². The molecule has 2 N–H and O–H groups in total. The van der Waals surface area contributed by atoms with Crippen LogP contribution in [0.1, 0.15) is 5.69 Å². The summed E-state index contributed by atoms with van der Waals surface area (Å²) in [6.45, 7) is 1.93. The summed E-state index contributed by atoms with van der Waals surface area (Å²) in [5, 5.41) is 27.4. The largest absolute Gasteiger partial charge is 0.359 e. The van der Waals surface area contributed by atoms with Gasteiger partial charge in [0.05, 0.1) is 5.69 Å². The normalized spacial score (nSPS) is 9.21. The van der Waals surface area contributed by atoms with Crippen LogP contribution in [0.15, 0.2) is 42.1 Å². The highest BCUT2D eigenvalue weighted by atomic mass is 15.1. The van der Waals surface area contributed by atoms with Crippen LogP contribution in [-0.4, -0.2) is 10.2 Å². The Balaban J connectivity index is 2.36. The van der Waals surface area contributed by atoms with Crippen molar-refractivity contribution in [2.24, 2.45) is 0 Å². The molecule has 0 amide bonds. The summed E-state index contributed by atoms with van der Waals surface area (Å²) in [4.78, 5) is 0. The second-order valence-electron chi connectivity index (χ2n) is 3.91. The molecule has 0 aliphatic carbocycles. The minimum Gasteiger partial charge on any atom is -0.359 e. The molecule has 0 aliphatic heterocycles. The van der Waals surface area contributed by atoms with E-state index in [-0.39, 0.29) is 5.57 Å². The van der Waals surface area contributed by atoms with E-state index in [0.717, 1.165) is 22.6 Å². The van der Waals surface area contributed by atoms with Gasteiger partial charge in [0.25, 0.3) is 0 Å². The van der Waals surface area contributed by atoms with Gasteiger partial charge in [-0.1, -0.05) is 18.2 Å². The highest BCUT2D eigenvalue weighted by molar-refractivity contribution is 5.76. The quantitative estimate of drug-likeness (QED) is 0.818. The third kappa shape index (κ3) is 2.80. The van der Waals surface area contributed by atoms with E-state index in [1.54, 1.807) is 12.1 Å². The Morgan fingerprint density at radius 3 is 2.68 bits per heavy atom. The van der Waals surface area contributed by atoms with Crippen molar-refractivity contribution >= 4 is 5.69 Å². The van der Waals surface area contributed by atoms with Gasteiger partial charge < -0.3 is 5.32 Å². The molecule has 0 unspecified atom stereocenters. The predicted molar refractivity (Wildman–Crippen MR) is 71.7 cm³/mol. The number of hydrogen-bond acceptors (Lipinski definition) is 4. The van der Waals surface area contributed by atoms with Gasteiger partial charge in [-0.05, 0) is 19.1 Å². The zero-order valence-corrected chi connectivity index (χ0v) is 10.3. The molecule has 0 saturated carbocycles. The summed E-state index contributed by atoms with van der Waals surface area (Å²) in [6, 6.07) is 13.1. The number of para-hydroxylation sites is 1. The first-order valence-electron chi connectivity index (χ1n) is 5.63. The van der Waals surface area contributed by atoms with Crippen molar-refractivity contribution in [3.8, 4) is 23.4 Å². The standard InChI is InChI=1S/C14H11N5/c1-10-6-14(19-18-10)12-4-2-3-5-13(12)17-9-11(7-15)8-16/h2-6,9,17H,1H3,(H,18,19). The number of hydrogen-bond donors (Lipinski definition) is 2. The van der Waals surface area contributed by atoms with Crippen LogP contribution in [0.25, 0.3) is 11.3 Å². The Kier molecular flexibility index (Phi) is 3.61. The number of aromatic amines is 1. The summed E-state index contributed by atoms with van der Waals surface area (Å²) >= 11 is 0. The molecule has 0 bridgehead atoms. The molecular formula is C14H11N5. The fraction of sp³-hybridized carbons (Fsp3) is 0.0714. The number of anilines is 1. The molecule has 0 aliphatic rings. The van der Waals surface area contributed by atoms with Crippen molar-refractivity contribution in [2.45, 2.75) is 6.92 Å². The Labute approximate surface area is 110 Å². The Hall–Kier alpha value is -3.05. The van der Waals surface area contributed by atoms with Gasteiger partial charge in [0.1, 0.15) is 17.7 Å². The van der Waals surface area contributed by atoms with Gasteiger partial charge in [-0.3, -0.25) is 5.10 Å². The summed E-state index contributed by atoms with van der Waals surface area (Å²) in [6.07, 6.45) is 1.39. The van der Waals surface area contributed by atoms with E-state index in [1.165, 1.54) is 6.20 Å². The molecule has 19 heavy (non-hydrogen) atoms. The number of nitriles is 2. The Morgan fingerprint density at radius 1 is 1.32 bits per heavy atom. The topological polar surface area (TPSA) is 88.3 Å². The molecule has 2 rings (SSSR count). The number of aryl methyl sites for hydroxylation is 1. The van der Waals surface area contributed by atoms with Crippen molar-refractivity contribution < 1.29 is 0 Å². The third-order valence-corrected chi connectivity index (χ3v) is 2.52. The maximum Gasteiger partial charge on any atom is 0.145 e. The molecular weight excluding hydrogens is 238 g/mol. The molecule has 1 heterocycles. The second-order valence-corrected chi connectivity index (χ2v) is 3.91. The molecule has 0 atom stereocenters. The second kappa shape index (κ2) is 5.52. The van der Waals surface area contributed by atoms with Gasteiger partial charge in [-0.2, -0.15) is 15.6 Å². The lowest BCUT2D eigenvalue weighted by molar-refractivity contribution is 1.05. The lowest BCUT2D eigenvalue weighted by atomic mass is 10.1. The van der Waals surface area contributed by atoms with Crippen LogP contribution in [0.2, 0.25) is 0 Å². The van der Waals surface area contributed by atoms with Crippen molar-refractivity contribution in [3.63, 3.8) is 0 Å². The molecule has 5 heteroatoms. The monoisotopic (exact) mass is 249 g/mol. The van der Waals surface area contributed by atoms with Crippen LogP contribution in [0, 0.1) is 29.6 Å². The van der Waals surface area contributed by atoms with Gasteiger partial charge in [0, 0.05) is 23.1 Å². The average molecular weight is 249 g/mol. The van der Waals surface area contributed by atoms with Gasteiger partial charge in [-0.25, -0.2) is 0 Å². The van der Waals surface area contributed by atoms with Crippen LogP contribution >= 0.6 is 0 Å². The number of benzene rings is 1. The molecule has 5 nitrogen and oxygen atoms in total. The maximum atomic E-state index is 8.70. The van der Waals surface area contributed by atoms with E-state index in [9.17, 15) is 0 Å². The minimum absolute atomic E-state index is 0.0213. The highest BCUT2D eigenvalue weighted by Crippen LogP contribution is 2.26. The van der Waals surface area contributed by atoms with Crippen LogP contribution in [0.5, 0.6) is 0 Å². The van der Waals surface area contributed by atoms with Gasteiger partial charge >= 0.3 is 0 Å². The van der Waals surface area contributed by atoms with Crippen molar-refractivity contribution in [1.82, 2.24) is 10.2 Å². The summed E-state index contributed by atoms with van der Waals surface area (Å²) in [7, 11) is 0. The van der Waals surface area contributed by atoms with E-state index in [1.807, 2.05) is 37.3 Å².